The van der Waals surface area contributed by atoms with Gasteiger partial charge in [0.25, 0.3) is 10.0 Å². The number of carbonyl (C=O) groups excluding carboxylic acids is 1. The maximum Gasteiger partial charge on any atom is 0.250 e. The third-order valence-electron chi connectivity index (χ3n) is 4.01. The predicted molar refractivity (Wildman–Crippen MR) is 97.2 cm³/mol. The molecule has 0 radical (unpaired) electrons. The largest absolute Gasteiger partial charge is 0.355 e. The van der Waals surface area contributed by atoms with Crippen molar-refractivity contribution < 1.29 is 21.6 Å². The fourth-order valence-corrected chi connectivity index (χ4v) is 6.76. The monoisotopic (exact) mass is 414 g/mol. The number of benzene rings is 1. The highest BCUT2D eigenvalue weighted by Crippen LogP contribution is 2.28. The van der Waals surface area contributed by atoms with Crippen molar-refractivity contribution >= 4 is 37.1 Å². The van der Waals surface area contributed by atoms with E-state index in [4.69, 9.17) is 0 Å². The molecule has 1 amide bonds. The standard InChI is InChI=1S/C16H18N2O5S3/c19-16-14(8-4-5-9-17-16)18-26(22,23)15-10-13(11-24-15)25(20,21)12-6-2-1-3-7-12/h1-3,6-7,10-11,14,18H,4-5,8-9H2,(H,17,19)/t14-/m1/s1. The molecule has 1 atom stereocenters. The Hall–Kier alpha value is -1.75. The first kappa shape index (κ1) is 19.0. The van der Waals surface area contributed by atoms with Crippen LogP contribution in [0.1, 0.15) is 19.3 Å². The summed E-state index contributed by atoms with van der Waals surface area (Å²) in [5, 5.41) is 3.96. The molecule has 0 unspecified atom stereocenters. The second-order valence-electron chi connectivity index (χ2n) is 5.88. The third-order valence-corrected chi connectivity index (χ3v) is 8.82. The molecular formula is C16H18N2O5S3. The molecule has 1 saturated heterocycles. The number of amides is 1. The zero-order valence-electron chi connectivity index (χ0n) is 13.7. The summed E-state index contributed by atoms with van der Waals surface area (Å²) in [6.07, 6.45) is 1.93. The molecule has 0 saturated carbocycles. The lowest BCUT2D eigenvalue weighted by atomic mass is 10.1. The Morgan fingerprint density at radius 1 is 1.04 bits per heavy atom. The highest BCUT2D eigenvalue weighted by Gasteiger charge is 2.29. The Balaban J connectivity index is 1.85. The van der Waals surface area contributed by atoms with E-state index >= 15 is 0 Å². The number of nitrogens with one attached hydrogen (secondary N) is 2. The zero-order valence-corrected chi connectivity index (χ0v) is 16.2. The van der Waals surface area contributed by atoms with E-state index in [-0.39, 0.29) is 19.9 Å². The van der Waals surface area contributed by atoms with Gasteiger partial charge in [0.2, 0.25) is 15.7 Å². The van der Waals surface area contributed by atoms with Crippen molar-refractivity contribution in [1.82, 2.24) is 10.0 Å². The van der Waals surface area contributed by atoms with Crippen molar-refractivity contribution in [3.63, 3.8) is 0 Å². The van der Waals surface area contributed by atoms with E-state index in [0.29, 0.717) is 13.0 Å². The van der Waals surface area contributed by atoms with Crippen LogP contribution < -0.4 is 10.0 Å². The normalized spacial score (nSPS) is 18.9. The van der Waals surface area contributed by atoms with Gasteiger partial charge in [0.1, 0.15) is 10.3 Å². The molecule has 0 bridgehead atoms. The van der Waals surface area contributed by atoms with Crippen molar-refractivity contribution in [3.05, 3.63) is 41.8 Å². The van der Waals surface area contributed by atoms with Gasteiger partial charge in [0, 0.05) is 11.9 Å². The van der Waals surface area contributed by atoms with Gasteiger partial charge in [-0.3, -0.25) is 4.79 Å². The fraction of sp³-hybridized carbons (Fsp3) is 0.312. The van der Waals surface area contributed by atoms with Crippen LogP contribution in [-0.4, -0.2) is 35.3 Å². The molecule has 7 nitrogen and oxygen atoms in total. The number of thiophene rings is 1. The molecule has 1 fully saturated rings. The molecule has 2 heterocycles. The molecule has 2 aromatic rings. The maximum atomic E-state index is 12.6. The van der Waals surface area contributed by atoms with Gasteiger partial charge in [-0.15, -0.1) is 11.3 Å². The molecule has 2 N–H and O–H groups in total. The van der Waals surface area contributed by atoms with Crippen LogP contribution in [-0.2, 0) is 24.7 Å². The molecule has 1 aliphatic rings. The molecule has 0 aliphatic carbocycles. The molecular weight excluding hydrogens is 396 g/mol. The van der Waals surface area contributed by atoms with Gasteiger partial charge < -0.3 is 5.32 Å². The Morgan fingerprint density at radius 2 is 1.77 bits per heavy atom. The number of carbonyl (C=O) groups is 1. The quantitative estimate of drug-likeness (QED) is 0.771. The van der Waals surface area contributed by atoms with Gasteiger partial charge in [-0.05, 0) is 37.5 Å². The minimum atomic E-state index is -3.99. The molecule has 1 aliphatic heterocycles. The van der Waals surface area contributed by atoms with Crippen LogP contribution >= 0.6 is 11.3 Å². The Kier molecular flexibility index (Phi) is 5.47. The molecule has 26 heavy (non-hydrogen) atoms. The van der Waals surface area contributed by atoms with Crippen molar-refractivity contribution in [2.75, 3.05) is 6.54 Å². The first-order valence-corrected chi connectivity index (χ1v) is 11.8. The van der Waals surface area contributed by atoms with Gasteiger partial charge in [-0.1, -0.05) is 18.2 Å². The minimum Gasteiger partial charge on any atom is -0.355 e. The number of hydrogen-bond donors (Lipinski definition) is 2. The molecule has 3 rings (SSSR count). The van der Waals surface area contributed by atoms with Crippen molar-refractivity contribution in [2.45, 2.75) is 39.3 Å². The van der Waals surface area contributed by atoms with Crippen LogP contribution in [0, 0.1) is 0 Å². The highest BCUT2D eigenvalue weighted by atomic mass is 32.2. The highest BCUT2D eigenvalue weighted by molar-refractivity contribution is 7.93. The van der Waals surface area contributed by atoms with Crippen LogP contribution in [0.2, 0.25) is 0 Å². The second kappa shape index (κ2) is 7.47. The first-order chi connectivity index (χ1) is 12.3. The average Bonchev–Trinajstić information content (AvgIpc) is 3.05. The van der Waals surface area contributed by atoms with Crippen LogP contribution in [0.25, 0.3) is 0 Å². The molecule has 0 spiro atoms. The number of rotatable bonds is 5. The summed E-state index contributed by atoms with van der Waals surface area (Å²) in [6.45, 7) is 0.523. The number of sulfone groups is 1. The lowest BCUT2D eigenvalue weighted by Gasteiger charge is -2.14. The molecule has 1 aromatic heterocycles. The summed E-state index contributed by atoms with van der Waals surface area (Å²) in [7, 11) is -7.78. The average molecular weight is 415 g/mol. The van der Waals surface area contributed by atoms with Crippen molar-refractivity contribution in [1.29, 1.82) is 0 Å². The maximum absolute atomic E-state index is 12.6. The lowest BCUT2D eigenvalue weighted by Crippen LogP contribution is -2.45. The smallest absolute Gasteiger partial charge is 0.250 e. The van der Waals surface area contributed by atoms with Crippen LogP contribution in [0.3, 0.4) is 0 Å². The van der Waals surface area contributed by atoms with E-state index in [1.54, 1.807) is 18.2 Å². The summed E-state index contributed by atoms with van der Waals surface area (Å²) in [5.41, 5.74) is 0. The Bertz CT molecular complexity index is 998. The Morgan fingerprint density at radius 3 is 2.50 bits per heavy atom. The predicted octanol–water partition coefficient (Wildman–Crippen LogP) is 1.53. The van der Waals surface area contributed by atoms with Crippen LogP contribution in [0.5, 0.6) is 0 Å². The van der Waals surface area contributed by atoms with Crippen molar-refractivity contribution in [2.24, 2.45) is 0 Å². The van der Waals surface area contributed by atoms with Gasteiger partial charge >= 0.3 is 0 Å². The second-order valence-corrected chi connectivity index (χ2v) is 10.7. The third kappa shape index (κ3) is 3.98. The van der Waals surface area contributed by atoms with E-state index in [9.17, 15) is 21.6 Å². The topological polar surface area (TPSA) is 109 Å². The van der Waals surface area contributed by atoms with Crippen molar-refractivity contribution in [3.8, 4) is 0 Å². The minimum absolute atomic E-state index is 0.0839. The SMILES string of the molecule is O=C1NCCCC[C@H]1NS(=O)(=O)c1cc(S(=O)(=O)c2ccccc2)cs1. The first-order valence-electron chi connectivity index (χ1n) is 7.99. The number of hydrogen-bond acceptors (Lipinski definition) is 6. The van der Waals surface area contributed by atoms with E-state index in [1.807, 2.05) is 0 Å². The Labute approximate surface area is 156 Å². The molecule has 140 valence electrons. The molecule has 1 aromatic carbocycles. The van der Waals surface area contributed by atoms with Gasteiger partial charge in [0.15, 0.2) is 0 Å². The van der Waals surface area contributed by atoms with Crippen LogP contribution in [0.4, 0.5) is 0 Å². The molecule has 10 heteroatoms. The van der Waals surface area contributed by atoms with E-state index in [1.165, 1.54) is 17.5 Å². The summed E-state index contributed by atoms with van der Waals surface area (Å²) in [4.78, 5) is 12.0. The summed E-state index contributed by atoms with van der Waals surface area (Å²) in [5.74, 6) is -0.361. The lowest BCUT2D eigenvalue weighted by molar-refractivity contribution is -0.122. The van der Waals surface area contributed by atoms with E-state index < -0.39 is 25.9 Å². The summed E-state index contributed by atoms with van der Waals surface area (Å²) >= 11 is 0.812. The zero-order chi connectivity index (χ0) is 18.8. The van der Waals surface area contributed by atoms with Gasteiger partial charge in [-0.2, -0.15) is 4.72 Å². The van der Waals surface area contributed by atoms with Gasteiger partial charge in [-0.25, -0.2) is 16.8 Å². The van der Waals surface area contributed by atoms with Gasteiger partial charge in [0.05, 0.1) is 9.79 Å². The fourth-order valence-electron chi connectivity index (χ4n) is 2.62. The van der Waals surface area contributed by atoms with E-state index in [0.717, 1.165) is 30.2 Å². The summed E-state index contributed by atoms with van der Waals surface area (Å²) < 4.78 is 52.5. The van der Waals surface area contributed by atoms with E-state index in [2.05, 4.69) is 10.0 Å². The summed E-state index contributed by atoms with van der Waals surface area (Å²) in [6, 6.07) is 8.09. The van der Waals surface area contributed by atoms with Crippen LogP contribution in [0.15, 0.2) is 55.8 Å². The number of sulfonamides is 1.